The Morgan fingerprint density at radius 1 is 1.37 bits per heavy atom. The number of aromatic nitrogens is 3. The van der Waals surface area contributed by atoms with Crippen molar-refractivity contribution in [3.8, 4) is 17.0 Å². The fraction of sp³-hybridized carbons (Fsp3) is 0.231. The molecule has 19 heavy (non-hydrogen) atoms. The van der Waals surface area contributed by atoms with Crippen LogP contribution in [0.15, 0.2) is 24.5 Å². The average molecular weight is 389 g/mol. The summed E-state index contributed by atoms with van der Waals surface area (Å²) < 4.78 is 14.3. The van der Waals surface area contributed by atoms with Gasteiger partial charge in [0, 0.05) is 33.0 Å². The molecule has 0 atom stereocenters. The van der Waals surface area contributed by atoms with Gasteiger partial charge in [0.1, 0.15) is 11.5 Å². The van der Waals surface area contributed by atoms with Crippen molar-refractivity contribution in [3.63, 3.8) is 0 Å². The SMILES string of the molecule is CC.Cc1cn(-c2ccc(F)cn2)nc1C#CSI. The number of halogens is 2. The maximum absolute atomic E-state index is 12.7. The van der Waals surface area contributed by atoms with Crippen LogP contribution in [-0.4, -0.2) is 14.8 Å². The smallest absolute Gasteiger partial charge is 0.153 e. The van der Waals surface area contributed by atoms with Gasteiger partial charge in [-0.1, -0.05) is 13.8 Å². The number of hydrogen-bond donors (Lipinski definition) is 0. The second-order valence-electron chi connectivity index (χ2n) is 3.24. The predicted molar refractivity (Wildman–Crippen MR) is 85.9 cm³/mol. The van der Waals surface area contributed by atoms with Crippen LogP contribution in [0.4, 0.5) is 4.39 Å². The Labute approximate surface area is 128 Å². The molecular formula is C13H13FIN3S. The van der Waals surface area contributed by atoms with Crippen molar-refractivity contribution >= 4 is 30.1 Å². The zero-order chi connectivity index (χ0) is 14.3. The van der Waals surface area contributed by atoms with E-state index in [0.29, 0.717) is 11.5 Å². The number of hydrogen-bond acceptors (Lipinski definition) is 3. The lowest BCUT2D eigenvalue weighted by atomic mass is 10.3. The molecule has 0 unspecified atom stereocenters. The summed E-state index contributed by atoms with van der Waals surface area (Å²) in [5, 5.41) is 7.17. The predicted octanol–water partition coefficient (Wildman–Crippen LogP) is 4.13. The molecule has 0 fully saturated rings. The van der Waals surface area contributed by atoms with Crippen molar-refractivity contribution in [3.05, 3.63) is 41.6 Å². The van der Waals surface area contributed by atoms with Gasteiger partial charge < -0.3 is 0 Å². The molecule has 3 nitrogen and oxygen atoms in total. The van der Waals surface area contributed by atoms with Crippen molar-refractivity contribution in [2.24, 2.45) is 0 Å². The lowest BCUT2D eigenvalue weighted by molar-refractivity contribution is 0.619. The highest BCUT2D eigenvalue weighted by atomic mass is 127. The molecule has 2 heterocycles. The molecule has 2 aromatic rings. The third-order valence-corrected chi connectivity index (χ3v) is 2.89. The summed E-state index contributed by atoms with van der Waals surface area (Å²) >= 11 is 2.10. The minimum Gasteiger partial charge on any atom is -0.234 e. The fourth-order valence-corrected chi connectivity index (χ4v) is 1.74. The van der Waals surface area contributed by atoms with E-state index in [4.69, 9.17) is 0 Å². The molecule has 0 aliphatic rings. The van der Waals surface area contributed by atoms with Gasteiger partial charge in [-0.25, -0.2) is 14.1 Å². The molecule has 100 valence electrons. The van der Waals surface area contributed by atoms with Crippen molar-refractivity contribution < 1.29 is 4.39 Å². The van der Waals surface area contributed by atoms with Crippen LogP contribution in [0.1, 0.15) is 25.1 Å². The first-order valence-corrected chi connectivity index (χ1v) is 9.03. The summed E-state index contributed by atoms with van der Waals surface area (Å²) in [5.74, 6) is 3.15. The Morgan fingerprint density at radius 2 is 2.11 bits per heavy atom. The van der Waals surface area contributed by atoms with Crippen LogP contribution in [-0.2, 0) is 0 Å². The third-order valence-electron chi connectivity index (χ3n) is 2.05. The molecule has 0 spiro atoms. The van der Waals surface area contributed by atoms with Crippen LogP contribution in [0.5, 0.6) is 0 Å². The van der Waals surface area contributed by atoms with E-state index in [0.717, 1.165) is 5.56 Å². The highest BCUT2D eigenvalue weighted by Crippen LogP contribution is 2.11. The highest BCUT2D eigenvalue weighted by Gasteiger charge is 2.05. The zero-order valence-corrected chi connectivity index (χ0v) is 13.8. The summed E-state index contributed by atoms with van der Waals surface area (Å²) in [5.41, 5.74) is 1.68. The number of pyridine rings is 1. The van der Waals surface area contributed by atoms with Gasteiger partial charge in [0.05, 0.1) is 6.20 Å². The molecule has 2 rings (SSSR count). The fourth-order valence-electron chi connectivity index (χ4n) is 1.27. The van der Waals surface area contributed by atoms with Gasteiger partial charge in [0.15, 0.2) is 5.82 Å². The molecule has 0 radical (unpaired) electrons. The average Bonchev–Trinajstić information content (AvgIpc) is 2.81. The lowest BCUT2D eigenvalue weighted by Gasteiger charge is -1.98. The first-order valence-electron chi connectivity index (χ1n) is 5.67. The quantitative estimate of drug-likeness (QED) is 0.543. The molecule has 6 heteroatoms. The monoisotopic (exact) mass is 389 g/mol. The summed E-state index contributed by atoms with van der Waals surface area (Å²) in [6, 6.07) is 2.93. The first kappa shape index (κ1) is 16.0. The van der Waals surface area contributed by atoms with Gasteiger partial charge in [-0.05, 0) is 39.2 Å². The van der Waals surface area contributed by atoms with E-state index < -0.39 is 0 Å². The molecule has 0 bridgehead atoms. The molecule has 0 aromatic carbocycles. The van der Waals surface area contributed by atoms with E-state index in [9.17, 15) is 4.39 Å². The van der Waals surface area contributed by atoms with E-state index in [1.165, 1.54) is 21.2 Å². The zero-order valence-electron chi connectivity index (χ0n) is 10.8. The van der Waals surface area contributed by atoms with Crippen LogP contribution in [0.25, 0.3) is 5.82 Å². The van der Waals surface area contributed by atoms with Crippen LogP contribution in [0.3, 0.4) is 0 Å². The maximum Gasteiger partial charge on any atom is 0.153 e. The molecular weight excluding hydrogens is 376 g/mol. The molecule has 0 N–H and O–H groups in total. The molecule has 0 saturated heterocycles. The van der Waals surface area contributed by atoms with E-state index in [2.05, 4.69) is 42.5 Å². The van der Waals surface area contributed by atoms with Gasteiger partial charge in [-0.2, -0.15) is 5.10 Å². The third kappa shape index (κ3) is 4.51. The van der Waals surface area contributed by atoms with Crippen molar-refractivity contribution in [2.45, 2.75) is 20.8 Å². The largest absolute Gasteiger partial charge is 0.234 e. The second-order valence-corrected chi connectivity index (χ2v) is 4.92. The summed E-state index contributed by atoms with van der Waals surface area (Å²) in [4.78, 5) is 3.95. The Kier molecular flexibility index (Phi) is 6.87. The van der Waals surface area contributed by atoms with E-state index in [1.807, 2.05) is 27.0 Å². The topological polar surface area (TPSA) is 30.7 Å². The number of aryl methyl sites for hydroxylation is 1. The summed E-state index contributed by atoms with van der Waals surface area (Å²) in [6.45, 7) is 5.93. The van der Waals surface area contributed by atoms with E-state index in [-0.39, 0.29) is 5.82 Å². The number of nitrogens with zero attached hydrogens (tertiary/aromatic N) is 3. The standard InChI is InChI=1S/C11H7FIN3S.C2H6/c1-8-7-16(15-10(8)4-5-17-13)11-3-2-9(12)6-14-11;1-2/h2-3,6-7H,1H3;1-2H3. The lowest BCUT2D eigenvalue weighted by Crippen LogP contribution is -1.98. The van der Waals surface area contributed by atoms with Gasteiger partial charge >= 0.3 is 0 Å². The van der Waals surface area contributed by atoms with Crippen molar-refractivity contribution in [1.29, 1.82) is 0 Å². The Balaban J connectivity index is 0.000000861. The van der Waals surface area contributed by atoms with Crippen LogP contribution in [0.2, 0.25) is 0 Å². The van der Waals surface area contributed by atoms with Gasteiger partial charge in [0.2, 0.25) is 0 Å². The number of rotatable bonds is 1. The Morgan fingerprint density at radius 3 is 2.68 bits per heavy atom. The Bertz CT molecular complexity index is 584. The van der Waals surface area contributed by atoms with Gasteiger partial charge in [-0.3, -0.25) is 0 Å². The van der Waals surface area contributed by atoms with Gasteiger partial charge in [0.25, 0.3) is 0 Å². The summed E-state index contributed by atoms with van der Waals surface area (Å²) in [6.07, 6.45) is 2.99. The minimum atomic E-state index is -0.362. The van der Waals surface area contributed by atoms with E-state index in [1.54, 1.807) is 10.7 Å². The van der Waals surface area contributed by atoms with Crippen LogP contribution >= 0.6 is 30.1 Å². The molecule has 2 aromatic heterocycles. The molecule has 0 amide bonds. The van der Waals surface area contributed by atoms with E-state index >= 15 is 0 Å². The Hall–Kier alpha value is -1.07. The van der Waals surface area contributed by atoms with Crippen LogP contribution in [0, 0.1) is 23.9 Å². The maximum atomic E-state index is 12.7. The highest BCUT2D eigenvalue weighted by molar-refractivity contribution is 14.2. The second kappa shape index (κ2) is 8.17. The molecule has 0 aliphatic heterocycles. The van der Waals surface area contributed by atoms with Crippen molar-refractivity contribution in [2.75, 3.05) is 0 Å². The molecule has 0 saturated carbocycles. The normalized spacial score (nSPS) is 9.11. The van der Waals surface area contributed by atoms with Crippen LogP contribution < -0.4 is 0 Å². The minimum absolute atomic E-state index is 0.362. The molecule has 0 aliphatic carbocycles. The van der Waals surface area contributed by atoms with Gasteiger partial charge in [-0.15, -0.1) is 0 Å². The van der Waals surface area contributed by atoms with Crippen molar-refractivity contribution in [1.82, 2.24) is 14.8 Å². The first-order chi connectivity index (χ1) is 9.20. The summed E-state index contributed by atoms with van der Waals surface area (Å²) in [7, 11) is 1.41.